The molecule has 0 aromatic rings. The van der Waals surface area contributed by atoms with E-state index in [1.54, 1.807) is 0 Å². The molecule has 0 aromatic heterocycles. The first kappa shape index (κ1) is 8.15. The van der Waals surface area contributed by atoms with E-state index in [9.17, 15) is 0 Å². The molecule has 50 valence electrons. The lowest BCUT2D eigenvalue weighted by Crippen LogP contribution is -1.71. The highest BCUT2D eigenvalue weighted by molar-refractivity contribution is 5.75. The monoisotopic (exact) mass is 123 g/mol. The van der Waals surface area contributed by atoms with Crippen molar-refractivity contribution in [2.75, 3.05) is 0 Å². The van der Waals surface area contributed by atoms with E-state index in [0.717, 1.165) is 5.57 Å². The van der Waals surface area contributed by atoms with Crippen LogP contribution in [0.4, 0.5) is 0 Å². The van der Waals surface area contributed by atoms with Crippen molar-refractivity contribution in [1.82, 2.24) is 0 Å². The zero-order valence-corrected chi connectivity index (χ0v) is 6.23. The molecule has 0 aliphatic rings. The maximum Gasteiger partial charge on any atom is 0.0207 e. The highest BCUT2D eigenvalue weighted by Gasteiger charge is 1.75. The molecular formula is C8H13N. The SMILES string of the molecule is CC(C)=CC=C(C)C=N. The summed E-state index contributed by atoms with van der Waals surface area (Å²) in [5, 5.41) is 6.83. The van der Waals surface area contributed by atoms with Gasteiger partial charge in [0.2, 0.25) is 0 Å². The molecule has 0 saturated carbocycles. The largest absolute Gasteiger partial charge is 0.308 e. The quantitative estimate of drug-likeness (QED) is 0.431. The number of rotatable bonds is 2. The van der Waals surface area contributed by atoms with Crippen LogP contribution in [0.5, 0.6) is 0 Å². The zero-order valence-electron chi connectivity index (χ0n) is 6.23. The van der Waals surface area contributed by atoms with Gasteiger partial charge in [-0.25, -0.2) is 0 Å². The summed E-state index contributed by atoms with van der Waals surface area (Å²) in [4.78, 5) is 0. The average Bonchev–Trinajstić information content (AvgIpc) is 1.83. The molecule has 0 radical (unpaired) electrons. The van der Waals surface area contributed by atoms with E-state index in [-0.39, 0.29) is 0 Å². The van der Waals surface area contributed by atoms with E-state index in [0.29, 0.717) is 0 Å². The lowest BCUT2D eigenvalue weighted by atomic mass is 10.2. The van der Waals surface area contributed by atoms with Crippen molar-refractivity contribution in [2.45, 2.75) is 20.8 Å². The van der Waals surface area contributed by atoms with Gasteiger partial charge in [0.15, 0.2) is 0 Å². The number of nitrogens with one attached hydrogen (secondary N) is 1. The molecule has 1 N–H and O–H groups in total. The molecule has 0 spiro atoms. The Labute approximate surface area is 56.6 Å². The third kappa shape index (κ3) is 5.01. The molecule has 0 bridgehead atoms. The molecule has 0 aromatic carbocycles. The molecule has 0 amide bonds. The second-order valence-electron chi connectivity index (χ2n) is 2.30. The lowest BCUT2D eigenvalue weighted by molar-refractivity contribution is 1.39. The van der Waals surface area contributed by atoms with Crippen LogP contribution in [0.3, 0.4) is 0 Å². The molecule has 0 unspecified atom stereocenters. The summed E-state index contributed by atoms with van der Waals surface area (Å²) in [7, 11) is 0. The van der Waals surface area contributed by atoms with Gasteiger partial charge in [-0.3, -0.25) is 0 Å². The van der Waals surface area contributed by atoms with Crippen molar-refractivity contribution >= 4 is 6.21 Å². The molecule has 1 heteroatoms. The Morgan fingerprint density at radius 2 is 1.67 bits per heavy atom. The van der Waals surface area contributed by atoms with Crippen molar-refractivity contribution in [3.63, 3.8) is 0 Å². The highest BCUT2D eigenvalue weighted by atomic mass is 14.3. The molecule has 9 heavy (non-hydrogen) atoms. The van der Waals surface area contributed by atoms with Crippen LogP contribution < -0.4 is 0 Å². The van der Waals surface area contributed by atoms with Gasteiger partial charge in [0, 0.05) is 6.21 Å². The van der Waals surface area contributed by atoms with Crippen LogP contribution in [0.25, 0.3) is 0 Å². The molecule has 0 rings (SSSR count). The summed E-state index contributed by atoms with van der Waals surface area (Å²) in [5.74, 6) is 0. The van der Waals surface area contributed by atoms with E-state index >= 15 is 0 Å². The van der Waals surface area contributed by atoms with Crippen LogP contribution in [0.1, 0.15) is 20.8 Å². The summed E-state index contributed by atoms with van der Waals surface area (Å²) in [6, 6.07) is 0. The summed E-state index contributed by atoms with van der Waals surface area (Å²) >= 11 is 0. The molecule has 0 fully saturated rings. The minimum absolute atomic E-state index is 0.983. The fourth-order valence-electron chi connectivity index (χ4n) is 0.346. The number of hydrogen-bond acceptors (Lipinski definition) is 1. The number of hydrogen-bond donors (Lipinski definition) is 1. The predicted octanol–water partition coefficient (Wildman–Crippen LogP) is 2.55. The van der Waals surface area contributed by atoms with Gasteiger partial charge in [-0.15, -0.1) is 0 Å². The standard InChI is InChI=1S/C8H13N/c1-7(2)4-5-8(3)6-9/h4-6,9H,1-3H3. The van der Waals surface area contributed by atoms with Gasteiger partial charge < -0.3 is 5.41 Å². The molecule has 0 atom stereocenters. The Balaban J connectivity index is 3.98. The van der Waals surface area contributed by atoms with Crippen LogP contribution >= 0.6 is 0 Å². The van der Waals surface area contributed by atoms with Crippen molar-refractivity contribution in [3.8, 4) is 0 Å². The normalized spacial score (nSPS) is 10.8. The van der Waals surface area contributed by atoms with Crippen molar-refractivity contribution in [1.29, 1.82) is 5.41 Å². The summed E-state index contributed by atoms with van der Waals surface area (Å²) in [6.07, 6.45) is 5.28. The predicted molar refractivity (Wildman–Crippen MR) is 42.0 cm³/mol. The molecule has 1 nitrogen and oxygen atoms in total. The molecule has 0 heterocycles. The first-order valence-electron chi connectivity index (χ1n) is 2.99. The van der Waals surface area contributed by atoms with E-state index in [4.69, 9.17) is 5.41 Å². The molecule has 0 saturated heterocycles. The minimum atomic E-state index is 0.983. The third-order valence-corrected chi connectivity index (χ3v) is 0.907. The minimum Gasteiger partial charge on any atom is -0.308 e. The maximum atomic E-state index is 6.83. The van der Waals surface area contributed by atoms with E-state index in [2.05, 4.69) is 0 Å². The van der Waals surface area contributed by atoms with Crippen LogP contribution in [0.2, 0.25) is 0 Å². The van der Waals surface area contributed by atoms with Crippen molar-refractivity contribution in [2.24, 2.45) is 0 Å². The van der Waals surface area contributed by atoms with E-state index in [1.807, 2.05) is 32.9 Å². The van der Waals surface area contributed by atoms with Gasteiger partial charge in [0.25, 0.3) is 0 Å². The average molecular weight is 123 g/mol. The van der Waals surface area contributed by atoms with Gasteiger partial charge >= 0.3 is 0 Å². The Morgan fingerprint density at radius 3 is 2.00 bits per heavy atom. The van der Waals surface area contributed by atoms with Gasteiger partial charge in [-0.05, 0) is 26.3 Å². The lowest BCUT2D eigenvalue weighted by Gasteiger charge is -1.85. The smallest absolute Gasteiger partial charge is 0.0207 e. The van der Waals surface area contributed by atoms with Crippen LogP contribution in [0, 0.1) is 5.41 Å². The third-order valence-electron chi connectivity index (χ3n) is 0.907. The van der Waals surface area contributed by atoms with Crippen molar-refractivity contribution < 1.29 is 0 Å². The first-order valence-corrected chi connectivity index (χ1v) is 2.99. The molecule has 0 aliphatic carbocycles. The Morgan fingerprint density at radius 1 is 1.11 bits per heavy atom. The Bertz CT molecular complexity index is 148. The maximum absolute atomic E-state index is 6.83. The van der Waals surface area contributed by atoms with E-state index < -0.39 is 0 Å². The molecule has 0 aliphatic heterocycles. The van der Waals surface area contributed by atoms with Gasteiger partial charge in [-0.1, -0.05) is 17.7 Å². The van der Waals surface area contributed by atoms with Gasteiger partial charge in [0.1, 0.15) is 0 Å². The first-order chi connectivity index (χ1) is 4.16. The highest BCUT2D eigenvalue weighted by Crippen LogP contribution is 1.92. The second-order valence-corrected chi connectivity index (χ2v) is 2.30. The number of allylic oxidation sites excluding steroid dienone is 4. The second kappa shape index (κ2) is 4.07. The Hall–Kier alpha value is -0.850. The topological polar surface area (TPSA) is 23.9 Å². The van der Waals surface area contributed by atoms with Crippen LogP contribution in [0.15, 0.2) is 23.3 Å². The summed E-state index contributed by atoms with van der Waals surface area (Å²) in [5.41, 5.74) is 2.24. The van der Waals surface area contributed by atoms with Crippen LogP contribution in [-0.4, -0.2) is 6.21 Å². The fourth-order valence-corrected chi connectivity index (χ4v) is 0.346. The summed E-state index contributed by atoms with van der Waals surface area (Å²) in [6.45, 7) is 5.98. The summed E-state index contributed by atoms with van der Waals surface area (Å²) < 4.78 is 0. The van der Waals surface area contributed by atoms with Gasteiger partial charge in [0.05, 0.1) is 0 Å². The Kier molecular flexibility index (Phi) is 3.69. The van der Waals surface area contributed by atoms with Crippen molar-refractivity contribution in [3.05, 3.63) is 23.3 Å². The van der Waals surface area contributed by atoms with Crippen LogP contribution in [-0.2, 0) is 0 Å². The van der Waals surface area contributed by atoms with E-state index in [1.165, 1.54) is 11.8 Å². The zero-order chi connectivity index (χ0) is 7.28. The fraction of sp³-hybridized carbons (Fsp3) is 0.375. The molecular weight excluding hydrogens is 110 g/mol. The van der Waals surface area contributed by atoms with Gasteiger partial charge in [-0.2, -0.15) is 0 Å².